The van der Waals surface area contributed by atoms with Gasteiger partial charge in [0.15, 0.2) is 5.78 Å². The molecule has 0 N–H and O–H groups in total. The molecule has 30 heavy (non-hydrogen) atoms. The summed E-state index contributed by atoms with van der Waals surface area (Å²) >= 11 is 0. The largest absolute Gasteiger partial charge is 0.458 e. The first kappa shape index (κ1) is 20.1. The van der Waals surface area contributed by atoms with E-state index in [1.807, 2.05) is 12.1 Å². The third kappa shape index (κ3) is 3.56. The molecule has 0 saturated heterocycles. The van der Waals surface area contributed by atoms with Crippen molar-refractivity contribution in [2.24, 2.45) is 5.92 Å². The molecule has 1 fully saturated rings. The molecule has 0 unspecified atom stereocenters. The van der Waals surface area contributed by atoms with Gasteiger partial charge in [0.25, 0.3) is 0 Å². The average Bonchev–Trinajstić information content (AvgIpc) is 2.75. The second-order valence-corrected chi connectivity index (χ2v) is 8.15. The lowest BCUT2D eigenvalue weighted by Crippen LogP contribution is -2.54. The topological polar surface area (TPSA) is 43.4 Å². The van der Waals surface area contributed by atoms with E-state index in [0.29, 0.717) is 6.42 Å². The molecule has 0 bridgehead atoms. The summed E-state index contributed by atoms with van der Waals surface area (Å²) in [5, 5.41) is 0. The normalized spacial score (nSPS) is 19.5. The van der Waals surface area contributed by atoms with Gasteiger partial charge in [-0.3, -0.25) is 9.59 Å². The molecule has 0 radical (unpaired) electrons. The van der Waals surface area contributed by atoms with Gasteiger partial charge in [-0.2, -0.15) is 0 Å². The number of esters is 1. The Morgan fingerprint density at radius 3 is 1.90 bits per heavy atom. The van der Waals surface area contributed by atoms with Crippen molar-refractivity contribution in [1.29, 1.82) is 0 Å². The van der Waals surface area contributed by atoms with Crippen LogP contribution < -0.4 is 0 Å². The number of Topliss-reactive ketones (excluding diaryl/α,β-unsaturated/α-hetero) is 1. The smallest absolute Gasteiger partial charge is 0.303 e. The fourth-order valence-electron chi connectivity index (χ4n) is 4.88. The number of benzene rings is 3. The molecule has 3 nitrogen and oxygen atoms in total. The molecule has 3 heteroatoms. The molecule has 3 aromatic carbocycles. The summed E-state index contributed by atoms with van der Waals surface area (Å²) in [5.41, 5.74) is 4.44. The standard InChI is InChI=1S/C27H26O3/c1-19-13-15-21(16-14-19)26-24(25(29)18-30-20(2)28)17-27(26,22-9-5-3-6-10-22)23-11-7-4-8-12-23/h3-16,24,26H,17-18H2,1-2H3/t24-,26-/m0/s1. The van der Waals surface area contributed by atoms with Crippen LogP contribution in [-0.2, 0) is 19.7 Å². The third-order valence-electron chi connectivity index (χ3n) is 6.32. The van der Waals surface area contributed by atoms with Gasteiger partial charge in [0, 0.05) is 24.2 Å². The average molecular weight is 399 g/mol. The zero-order valence-electron chi connectivity index (χ0n) is 17.4. The Bertz CT molecular complexity index is 983. The summed E-state index contributed by atoms with van der Waals surface area (Å²) < 4.78 is 5.05. The predicted octanol–water partition coefficient (Wildman–Crippen LogP) is 5.22. The molecule has 0 aromatic heterocycles. The van der Waals surface area contributed by atoms with Crippen molar-refractivity contribution in [3.05, 3.63) is 107 Å². The third-order valence-corrected chi connectivity index (χ3v) is 6.32. The van der Waals surface area contributed by atoms with Crippen LogP contribution >= 0.6 is 0 Å². The van der Waals surface area contributed by atoms with E-state index in [1.54, 1.807) is 0 Å². The molecule has 0 aliphatic heterocycles. The van der Waals surface area contributed by atoms with E-state index in [9.17, 15) is 9.59 Å². The Kier molecular flexibility index (Phi) is 5.54. The molecule has 152 valence electrons. The van der Waals surface area contributed by atoms with Gasteiger partial charge >= 0.3 is 5.97 Å². The van der Waals surface area contributed by atoms with E-state index in [4.69, 9.17) is 4.74 Å². The Morgan fingerprint density at radius 1 is 0.867 bits per heavy atom. The van der Waals surface area contributed by atoms with Gasteiger partial charge in [-0.25, -0.2) is 0 Å². The predicted molar refractivity (Wildman–Crippen MR) is 117 cm³/mol. The molecular weight excluding hydrogens is 372 g/mol. The summed E-state index contributed by atoms with van der Waals surface area (Å²) in [6.45, 7) is 3.24. The molecular formula is C27H26O3. The molecule has 1 saturated carbocycles. The second kappa shape index (κ2) is 8.27. The van der Waals surface area contributed by atoms with Crippen LogP contribution in [0.3, 0.4) is 0 Å². The maximum absolute atomic E-state index is 13.1. The van der Waals surface area contributed by atoms with Gasteiger partial charge < -0.3 is 4.74 Å². The molecule has 4 rings (SSSR count). The van der Waals surface area contributed by atoms with Gasteiger partial charge in [-0.1, -0.05) is 90.5 Å². The summed E-state index contributed by atoms with van der Waals surface area (Å²) in [6, 6.07) is 29.3. The molecule has 0 spiro atoms. The summed E-state index contributed by atoms with van der Waals surface area (Å²) in [6.07, 6.45) is 0.694. The molecule has 2 atom stereocenters. The molecule has 0 heterocycles. The molecule has 1 aliphatic carbocycles. The van der Waals surface area contributed by atoms with Crippen LogP contribution in [0.4, 0.5) is 0 Å². The monoisotopic (exact) mass is 398 g/mol. The van der Waals surface area contributed by atoms with Gasteiger partial charge in [0.1, 0.15) is 6.61 Å². The van der Waals surface area contributed by atoms with Crippen LogP contribution in [-0.4, -0.2) is 18.4 Å². The van der Waals surface area contributed by atoms with Crippen LogP contribution in [0.15, 0.2) is 84.9 Å². The zero-order valence-corrected chi connectivity index (χ0v) is 17.4. The van der Waals surface area contributed by atoms with Gasteiger partial charge in [0.2, 0.25) is 0 Å². The van der Waals surface area contributed by atoms with E-state index < -0.39 is 5.97 Å². The number of hydrogen-bond acceptors (Lipinski definition) is 3. The van der Waals surface area contributed by atoms with E-state index in [1.165, 1.54) is 23.6 Å². The fraction of sp³-hybridized carbons (Fsp3) is 0.259. The van der Waals surface area contributed by atoms with Crippen molar-refractivity contribution < 1.29 is 14.3 Å². The maximum atomic E-state index is 13.1. The Morgan fingerprint density at radius 2 is 1.40 bits per heavy atom. The lowest BCUT2D eigenvalue weighted by atomic mass is 9.46. The fourth-order valence-corrected chi connectivity index (χ4v) is 4.88. The zero-order chi connectivity index (χ0) is 21.1. The number of carbonyl (C=O) groups is 2. The minimum absolute atomic E-state index is 0.0155. The SMILES string of the molecule is CC(=O)OCC(=O)[C@@H]1CC(c2ccccc2)(c2ccccc2)[C@H]1c1ccc(C)cc1. The van der Waals surface area contributed by atoms with Crippen LogP contribution in [0.1, 0.15) is 41.5 Å². The lowest BCUT2D eigenvalue weighted by Gasteiger charge is -2.56. The van der Waals surface area contributed by atoms with Gasteiger partial charge in [-0.15, -0.1) is 0 Å². The van der Waals surface area contributed by atoms with Crippen LogP contribution in [0.25, 0.3) is 0 Å². The van der Waals surface area contributed by atoms with Crippen LogP contribution in [0.2, 0.25) is 0 Å². The van der Waals surface area contributed by atoms with Gasteiger partial charge in [-0.05, 0) is 30.0 Å². The van der Waals surface area contributed by atoms with Crippen molar-refractivity contribution >= 4 is 11.8 Å². The Labute approximate surface area is 177 Å². The summed E-state index contributed by atoms with van der Waals surface area (Å²) in [4.78, 5) is 24.3. The summed E-state index contributed by atoms with van der Waals surface area (Å²) in [7, 11) is 0. The van der Waals surface area contributed by atoms with Crippen LogP contribution in [0.5, 0.6) is 0 Å². The van der Waals surface area contributed by atoms with Crippen molar-refractivity contribution in [2.75, 3.05) is 6.61 Å². The van der Waals surface area contributed by atoms with E-state index in [-0.39, 0.29) is 29.6 Å². The Balaban J connectivity index is 1.83. The van der Waals surface area contributed by atoms with Crippen molar-refractivity contribution in [3.8, 4) is 0 Å². The van der Waals surface area contributed by atoms with Crippen LogP contribution in [0, 0.1) is 12.8 Å². The first-order chi connectivity index (χ1) is 14.5. The van der Waals surface area contributed by atoms with Crippen molar-refractivity contribution in [1.82, 2.24) is 0 Å². The van der Waals surface area contributed by atoms with Crippen molar-refractivity contribution in [2.45, 2.75) is 31.6 Å². The number of ether oxygens (including phenoxy) is 1. The quantitative estimate of drug-likeness (QED) is 0.535. The first-order valence-corrected chi connectivity index (χ1v) is 10.4. The Hall–Kier alpha value is -3.20. The highest BCUT2D eigenvalue weighted by Gasteiger charge is 2.58. The minimum Gasteiger partial charge on any atom is -0.458 e. The molecule has 0 amide bonds. The number of ketones is 1. The number of aryl methyl sites for hydroxylation is 1. The van der Waals surface area contributed by atoms with E-state index in [2.05, 4.69) is 79.7 Å². The highest BCUT2D eigenvalue weighted by Crippen LogP contribution is 2.61. The maximum Gasteiger partial charge on any atom is 0.303 e. The van der Waals surface area contributed by atoms with Gasteiger partial charge in [0.05, 0.1) is 0 Å². The number of rotatable bonds is 6. The van der Waals surface area contributed by atoms with E-state index in [0.717, 1.165) is 5.56 Å². The highest BCUT2D eigenvalue weighted by molar-refractivity contribution is 5.87. The molecule has 3 aromatic rings. The number of hydrogen-bond donors (Lipinski definition) is 0. The van der Waals surface area contributed by atoms with Crippen molar-refractivity contribution in [3.63, 3.8) is 0 Å². The lowest BCUT2D eigenvalue weighted by molar-refractivity contribution is -0.148. The highest BCUT2D eigenvalue weighted by atomic mass is 16.5. The van der Waals surface area contributed by atoms with E-state index >= 15 is 0 Å². The molecule has 1 aliphatic rings. The number of carbonyl (C=O) groups excluding carboxylic acids is 2. The second-order valence-electron chi connectivity index (χ2n) is 8.15. The summed E-state index contributed by atoms with van der Waals surface area (Å²) in [5.74, 6) is -0.663. The first-order valence-electron chi connectivity index (χ1n) is 10.4. The minimum atomic E-state index is -0.424.